The SMILES string of the molecule is COc1ccc(NC(=O)CC(=O)NCCC2=CCCCC2)c(OC)c1. The van der Waals surface area contributed by atoms with Crippen molar-refractivity contribution < 1.29 is 19.1 Å². The Morgan fingerprint density at radius 3 is 2.64 bits per heavy atom. The predicted octanol–water partition coefficient (Wildman–Crippen LogP) is 3.04. The van der Waals surface area contributed by atoms with Gasteiger partial charge < -0.3 is 20.1 Å². The van der Waals surface area contributed by atoms with Gasteiger partial charge in [-0.2, -0.15) is 0 Å². The minimum Gasteiger partial charge on any atom is -0.497 e. The largest absolute Gasteiger partial charge is 0.497 e. The van der Waals surface area contributed by atoms with Crippen molar-refractivity contribution in [1.82, 2.24) is 5.32 Å². The molecule has 0 atom stereocenters. The average molecular weight is 346 g/mol. The van der Waals surface area contributed by atoms with E-state index in [9.17, 15) is 9.59 Å². The van der Waals surface area contributed by atoms with E-state index < -0.39 is 0 Å². The number of ether oxygens (including phenoxy) is 2. The third kappa shape index (κ3) is 6.14. The summed E-state index contributed by atoms with van der Waals surface area (Å²) >= 11 is 0. The van der Waals surface area contributed by atoms with Crippen LogP contribution in [-0.4, -0.2) is 32.6 Å². The van der Waals surface area contributed by atoms with Gasteiger partial charge in [0.15, 0.2) is 0 Å². The quantitative estimate of drug-likeness (QED) is 0.560. The molecule has 0 saturated heterocycles. The van der Waals surface area contributed by atoms with Crippen LogP contribution in [0.1, 0.15) is 38.5 Å². The molecule has 0 bridgehead atoms. The van der Waals surface area contributed by atoms with Gasteiger partial charge in [0.1, 0.15) is 17.9 Å². The molecule has 2 N–H and O–H groups in total. The first-order chi connectivity index (χ1) is 12.1. The number of hydrogen-bond donors (Lipinski definition) is 2. The van der Waals surface area contributed by atoms with Crippen LogP contribution in [0.2, 0.25) is 0 Å². The normalized spacial score (nSPS) is 13.6. The van der Waals surface area contributed by atoms with Gasteiger partial charge in [-0.15, -0.1) is 0 Å². The molecule has 0 radical (unpaired) electrons. The van der Waals surface area contributed by atoms with Crippen LogP contribution in [0, 0.1) is 0 Å². The lowest BCUT2D eigenvalue weighted by Crippen LogP contribution is -2.29. The molecule has 0 fully saturated rings. The molecule has 6 heteroatoms. The Balaban J connectivity index is 1.77. The van der Waals surface area contributed by atoms with E-state index in [-0.39, 0.29) is 18.2 Å². The van der Waals surface area contributed by atoms with E-state index in [1.54, 1.807) is 25.3 Å². The van der Waals surface area contributed by atoms with Gasteiger partial charge in [-0.25, -0.2) is 0 Å². The van der Waals surface area contributed by atoms with Crippen LogP contribution in [0.3, 0.4) is 0 Å². The number of carbonyl (C=O) groups excluding carboxylic acids is 2. The zero-order valence-electron chi connectivity index (χ0n) is 14.9. The highest BCUT2D eigenvalue weighted by molar-refractivity contribution is 6.04. The molecule has 2 amide bonds. The highest BCUT2D eigenvalue weighted by atomic mass is 16.5. The van der Waals surface area contributed by atoms with Gasteiger partial charge in [0.25, 0.3) is 0 Å². The molecule has 0 saturated carbocycles. The van der Waals surface area contributed by atoms with Gasteiger partial charge in [0, 0.05) is 12.6 Å². The molecular weight excluding hydrogens is 320 g/mol. The first kappa shape index (κ1) is 18.8. The van der Waals surface area contributed by atoms with Crippen molar-refractivity contribution in [3.63, 3.8) is 0 Å². The van der Waals surface area contributed by atoms with Gasteiger partial charge in [-0.3, -0.25) is 9.59 Å². The molecule has 0 aromatic heterocycles. The van der Waals surface area contributed by atoms with Gasteiger partial charge in [0.05, 0.1) is 19.9 Å². The molecule has 1 aromatic carbocycles. The topological polar surface area (TPSA) is 76.7 Å². The number of amides is 2. The van der Waals surface area contributed by atoms with Crippen molar-refractivity contribution in [2.24, 2.45) is 0 Å². The molecule has 1 aliphatic carbocycles. The van der Waals surface area contributed by atoms with E-state index in [4.69, 9.17) is 9.47 Å². The first-order valence-corrected chi connectivity index (χ1v) is 8.59. The Kier molecular flexibility index (Phi) is 7.32. The van der Waals surface area contributed by atoms with Crippen LogP contribution in [0.5, 0.6) is 11.5 Å². The van der Waals surface area contributed by atoms with Crippen molar-refractivity contribution in [3.05, 3.63) is 29.8 Å². The van der Waals surface area contributed by atoms with Crippen molar-refractivity contribution in [2.45, 2.75) is 38.5 Å². The average Bonchev–Trinajstić information content (AvgIpc) is 2.62. The molecular formula is C19H26N2O4. The molecule has 25 heavy (non-hydrogen) atoms. The zero-order chi connectivity index (χ0) is 18.1. The molecule has 2 rings (SSSR count). The first-order valence-electron chi connectivity index (χ1n) is 8.59. The van der Waals surface area contributed by atoms with E-state index in [0.717, 1.165) is 19.3 Å². The maximum atomic E-state index is 12.0. The summed E-state index contributed by atoms with van der Waals surface area (Å²) in [4.78, 5) is 23.9. The molecule has 1 aliphatic rings. The van der Waals surface area contributed by atoms with Gasteiger partial charge in [-0.05, 0) is 44.2 Å². The van der Waals surface area contributed by atoms with Gasteiger partial charge in [-0.1, -0.05) is 11.6 Å². The van der Waals surface area contributed by atoms with Crippen molar-refractivity contribution in [2.75, 3.05) is 26.1 Å². The monoisotopic (exact) mass is 346 g/mol. The Morgan fingerprint density at radius 1 is 1.12 bits per heavy atom. The van der Waals surface area contributed by atoms with Gasteiger partial charge >= 0.3 is 0 Å². The molecule has 0 spiro atoms. The molecule has 0 unspecified atom stereocenters. The van der Waals surface area contributed by atoms with Crippen LogP contribution >= 0.6 is 0 Å². The van der Waals surface area contributed by atoms with Crippen LogP contribution in [0.25, 0.3) is 0 Å². The van der Waals surface area contributed by atoms with E-state index >= 15 is 0 Å². The Morgan fingerprint density at radius 2 is 1.96 bits per heavy atom. The maximum absolute atomic E-state index is 12.0. The van der Waals surface area contributed by atoms with Crippen molar-refractivity contribution in [3.8, 4) is 11.5 Å². The summed E-state index contributed by atoms with van der Waals surface area (Å²) in [7, 11) is 3.07. The lowest BCUT2D eigenvalue weighted by Gasteiger charge is -2.13. The van der Waals surface area contributed by atoms with E-state index in [0.29, 0.717) is 23.7 Å². The molecule has 1 aromatic rings. The standard InChI is InChI=1S/C19H26N2O4/c1-24-15-8-9-16(17(12-15)25-2)21-19(23)13-18(22)20-11-10-14-6-4-3-5-7-14/h6,8-9,12H,3-5,7,10-11,13H2,1-2H3,(H,20,22)(H,21,23). The smallest absolute Gasteiger partial charge is 0.233 e. The van der Waals surface area contributed by atoms with E-state index in [2.05, 4.69) is 16.7 Å². The molecule has 136 valence electrons. The van der Waals surface area contributed by atoms with E-state index in [1.165, 1.54) is 25.5 Å². The summed E-state index contributed by atoms with van der Waals surface area (Å²) in [6.45, 7) is 0.573. The second kappa shape index (κ2) is 9.71. The minimum atomic E-state index is -0.377. The summed E-state index contributed by atoms with van der Waals surface area (Å²) in [6, 6.07) is 5.08. The Bertz CT molecular complexity index is 640. The summed E-state index contributed by atoms with van der Waals surface area (Å²) in [6.07, 6.45) is 7.64. The third-order valence-electron chi connectivity index (χ3n) is 4.16. The van der Waals surface area contributed by atoms with E-state index in [1.807, 2.05) is 0 Å². The summed E-state index contributed by atoms with van der Waals surface area (Å²) in [5, 5.41) is 5.49. The number of allylic oxidation sites excluding steroid dienone is 1. The fourth-order valence-corrected chi connectivity index (χ4v) is 2.80. The third-order valence-corrected chi connectivity index (χ3v) is 4.16. The van der Waals surface area contributed by atoms with Crippen LogP contribution in [0.15, 0.2) is 29.8 Å². The highest BCUT2D eigenvalue weighted by Crippen LogP contribution is 2.29. The molecule has 6 nitrogen and oxygen atoms in total. The van der Waals surface area contributed by atoms with Crippen LogP contribution in [0.4, 0.5) is 5.69 Å². The summed E-state index contributed by atoms with van der Waals surface area (Å²) in [5.74, 6) is 0.459. The molecule has 0 heterocycles. The Labute approximate surface area is 148 Å². The number of nitrogens with one attached hydrogen (secondary N) is 2. The number of rotatable bonds is 8. The second-order valence-electron chi connectivity index (χ2n) is 6.00. The lowest BCUT2D eigenvalue weighted by molar-refractivity contribution is -0.126. The highest BCUT2D eigenvalue weighted by Gasteiger charge is 2.13. The van der Waals surface area contributed by atoms with Crippen LogP contribution < -0.4 is 20.1 Å². The summed E-state index contributed by atoms with van der Waals surface area (Å²) in [5.41, 5.74) is 1.91. The van der Waals surface area contributed by atoms with Crippen molar-refractivity contribution >= 4 is 17.5 Å². The number of methoxy groups -OCH3 is 2. The number of benzene rings is 1. The minimum absolute atomic E-state index is 0.214. The second-order valence-corrected chi connectivity index (χ2v) is 6.00. The summed E-state index contributed by atoms with van der Waals surface area (Å²) < 4.78 is 10.3. The predicted molar refractivity (Wildman–Crippen MR) is 97.0 cm³/mol. The van der Waals surface area contributed by atoms with Crippen molar-refractivity contribution in [1.29, 1.82) is 0 Å². The zero-order valence-corrected chi connectivity index (χ0v) is 14.9. The molecule has 0 aliphatic heterocycles. The number of hydrogen-bond acceptors (Lipinski definition) is 4. The Hall–Kier alpha value is -2.50. The number of anilines is 1. The lowest BCUT2D eigenvalue weighted by atomic mass is 9.97. The fraction of sp³-hybridized carbons (Fsp3) is 0.474. The van der Waals surface area contributed by atoms with Crippen LogP contribution in [-0.2, 0) is 9.59 Å². The maximum Gasteiger partial charge on any atom is 0.233 e. The number of carbonyl (C=O) groups is 2. The van der Waals surface area contributed by atoms with Gasteiger partial charge in [0.2, 0.25) is 11.8 Å². The fourth-order valence-electron chi connectivity index (χ4n) is 2.80.